The number of aromatic hydroxyl groups is 1. The lowest BCUT2D eigenvalue weighted by atomic mass is 10.1. The van der Waals surface area contributed by atoms with Crippen molar-refractivity contribution in [3.8, 4) is 11.5 Å². The first-order valence-corrected chi connectivity index (χ1v) is 7.99. The molecule has 83 valence electrons. The summed E-state index contributed by atoms with van der Waals surface area (Å²) in [6.07, 6.45) is 2.31. The quantitative estimate of drug-likeness (QED) is 0.777. The first-order valence-electron chi connectivity index (χ1n) is 5.28. The average Bonchev–Trinajstić information content (AvgIpc) is 2.20. The third-order valence-corrected chi connectivity index (χ3v) is 3.74. The van der Waals surface area contributed by atoms with E-state index in [0.29, 0.717) is 5.75 Å². The van der Waals surface area contributed by atoms with Crippen LogP contribution in [0.3, 0.4) is 0 Å². The van der Waals surface area contributed by atoms with Gasteiger partial charge >= 0.3 is 0 Å². The topological polar surface area (TPSA) is 29.5 Å². The lowest BCUT2D eigenvalue weighted by molar-refractivity contribution is 0.373. The molecular weight excluding hydrogens is 204 g/mol. The van der Waals surface area contributed by atoms with Crippen molar-refractivity contribution in [2.75, 3.05) is 7.11 Å². The summed E-state index contributed by atoms with van der Waals surface area (Å²) >= 11 is 0. The lowest BCUT2D eigenvalue weighted by Crippen LogP contribution is -1.99. The molecule has 15 heavy (non-hydrogen) atoms. The molecule has 0 atom stereocenters. The van der Waals surface area contributed by atoms with Gasteiger partial charge in [-0.05, 0) is 24.1 Å². The van der Waals surface area contributed by atoms with Crippen molar-refractivity contribution < 1.29 is 9.84 Å². The van der Waals surface area contributed by atoms with Crippen molar-refractivity contribution in [1.82, 2.24) is 0 Å². The summed E-state index contributed by atoms with van der Waals surface area (Å²) in [4.78, 5) is 0. The van der Waals surface area contributed by atoms with Crippen molar-refractivity contribution in [3.05, 3.63) is 23.8 Å². The van der Waals surface area contributed by atoms with Gasteiger partial charge in [0.1, 0.15) is 0 Å². The molecule has 1 radical (unpaired) electrons. The predicted molar refractivity (Wildman–Crippen MR) is 65.3 cm³/mol. The van der Waals surface area contributed by atoms with E-state index in [1.807, 2.05) is 12.1 Å². The molecule has 0 spiro atoms. The molecule has 1 rings (SSSR count). The number of phenolic OH excluding ortho intramolecular Hbond substituents is 1. The van der Waals surface area contributed by atoms with Gasteiger partial charge < -0.3 is 9.84 Å². The summed E-state index contributed by atoms with van der Waals surface area (Å²) in [5, 5.41) is 9.43. The van der Waals surface area contributed by atoms with E-state index >= 15 is 0 Å². The van der Waals surface area contributed by atoms with Gasteiger partial charge in [-0.15, -0.1) is 0 Å². The Morgan fingerprint density at radius 3 is 2.67 bits per heavy atom. The highest BCUT2D eigenvalue weighted by atomic mass is 28.3. The van der Waals surface area contributed by atoms with E-state index in [4.69, 9.17) is 4.74 Å². The number of hydrogen-bond acceptors (Lipinski definition) is 2. The molecule has 2 nitrogen and oxygen atoms in total. The summed E-state index contributed by atoms with van der Waals surface area (Å²) in [6, 6.07) is 6.94. The van der Waals surface area contributed by atoms with Gasteiger partial charge in [0.25, 0.3) is 0 Å². The Morgan fingerprint density at radius 1 is 1.33 bits per heavy atom. The largest absolute Gasteiger partial charge is 0.504 e. The van der Waals surface area contributed by atoms with Crippen LogP contribution in [0.4, 0.5) is 0 Å². The zero-order chi connectivity index (χ0) is 11.3. The summed E-state index contributed by atoms with van der Waals surface area (Å²) in [7, 11) is 1.47. The molecule has 1 aromatic carbocycles. The van der Waals surface area contributed by atoms with Gasteiger partial charge in [-0.25, -0.2) is 0 Å². The highest BCUT2D eigenvalue weighted by Crippen LogP contribution is 2.26. The summed E-state index contributed by atoms with van der Waals surface area (Å²) in [5.74, 6) is 0.794. The zero-order valence-electron chi connectivity index (χ0n) is 9.71. The van der Waals surface area contributed by atoms with Crippen LogP contribution in [-0.2, 0) is 6.42 Å². The third kappa shape index (κ3) is 3.96. The van der Waals surface area contributed by atoms with Crippen molar-refractivity contribution >= 4 is 8.80 Å². The van der Waals surface area contributed by atoms with Gasteiger partial charge in [-0.3, -0.25) is 0 Å². The van der Waals surface area contributed by atoms with Gasteiger partial charge in [-0.1, -0.05) is 31.6 Å². The second-order valence-corrected chi connectivity index (χ2v) is 6.98. The fourth-order valence-corrected chi connectivity index (χ4v) is 2.41. The smallest absolute Gasteiger partial charge is 0.160 e. The predicted octanol–water partition coefficient (Wildman–Crippen LogP) is 3.09. The molecule has 0 heterocycles. The molecule has 0 bridgehead atoms. The Bertz CT molecular complexity index is 310. The van der Waals surface area contributed by atoms with Crippen LogP contribution in [0, 0.1) is 0 Å². The summed E-state index contributed by atoms with van der Waals surface area (Å²) < 4.78 is 5.07. The van der Waals surface area contributed by atoms with Crippen LogP contribution in [0.5, 0.6) is 11.5 Å². The average molecular weight is 223 g/mol. The number of hydrogen-bond donors (Lipinski definition) is 1. The molecule has 0 aliphatic rings. The van der Waals surface area contributed by atoms with E-state index in [-0.39, 0.29) is 14.5 Å². The van der Waals surface area contributed by atoms with Crippen molar-refractivity contribution in [2.24, 2.45) is 0 Å². The van der Waals surface area contributed by atoms with Crippen molar-refractivity contribution in [2.45, 2.75) is 32.0 Å². The fourth-order valence-electron chi connectivity index (χ4n) is 1.52. The first kappa shape index (κ1) is 12.1. The maximum Gasteiger partial charge on any atom is 0.160 e. The van der Waals surface area contributed by atoms with E-state index < -0.39 is 0 Å². The lowest BCUT2D eigenvalue weighted by Gasteiger charge is -2.07. The number of rotatable bonds is 5. The zero-order valence-corrected chi connectivity index (χ0v) is 10.7. The highest BCUT2D eigenvalue weighted by molar-refractivity contribution is 6.55. The number of methoxy groups -OCH3 is 1. The minimum atomic E-state index is -0.108. The van der Waals surface area contributed by atoms with Gasteiger partial charge in [0, 0.05) is 8.80 Å². The van der Waals surface area contributed by atoms with Crippen LogP contribution in [0.2, 0.25) is 19.1 Å². The first-order chi connectivity index (χ1) is 7.13. The van der Waals surface area contributed by atoms with Crippen LogP contribution < -0.4 is 4.74 Å². The normalized spacial score (nSPS) is 10.7. The summed E-state index contributed by atoms with van der Waals surface area (Å²) in [6.45, 7) is 4.67. The SMILES string of the molecule is COc1cc(CCC[Si](C)C)ccc1O. The Morgan fingerprint density at radius 2 is 2.07 bits per heavy atom. The molecule has 0 unspecified atom stereocenters. The van der Waals surface area contributed by atoms with E-state index in [1.54, 1.807) is 13.2 Å². The van der Waals surface area contributed by atoms with Gasteiger partial charge in [0.15, 0.2) is 11.5 Å². The molecular formula is C12H19O2Si. The second kappa shape index (κ2) is 5.81. The molecule has 0 saturated heterocycles. The molecule has 0 aliphatic carbocycles. The second-order valence-electron chi connectivity index (χ2n) is 4.07. The Kier molecular flexibility index (Phi) is 4.69. The number of ether oxygens (including phenoxy) is 1. The standard InChI is InChI=1S/C12H19O2Si/c1-14-12-9-10(6-7-11(12)13)5-4-8-15(2)3/h6-7,9,13H,4-5,8H2,1-3H3. The van der Waals surface area contributed by atoms with Gasteiger partial charge in [0.2, 0.25) is 0 Å². The van der Waals surface area contributed by atoms with Crippen LogP contribution in [0.25, 0.3) is 0 Å². The molecule has 0 aromatic heterocycles. The van der Waals surface area contributed by atoms with Crippen LogP contribution >= 0.6 is 0 Å². The maximum atomic E-state index is 9.43. The number of benzene rings is 1. The van der Waals surface area contributed by atoms with E-state index in [1.165, 1.54) is 18.0 Å². The van der Waals surface area contributed by atoms with Gasteiger partial charge in [0.05, 0.1) is 7.11 Å². The Balaban J connectivity index is 2.54. The summed E-state index contributed by atoms with van der Waals surface area (Å²) in [5.41, 5.74) is 1.24. The fraction of sp³-hybridized carbons (Fsp3) is 0.500. The van der Waals surface area contributed by atoms with Gasteiger partial charge in [-0.2, -0.15) is 0 Å². The molecule has 0 aliphatic heterocycles. The van der Waals surface area contributed by atoms with Crippen LogP contribution in [0.15, 0.2) is 18.2 Å². The monoisotopic (exact) mass is 223 g/mol. The number of aryl methyl sites for hydroxylation is 1. The van der Waals surface area contributed by atoms with E-state index in [9.17, 15) is 5.11 Å². The minimum absolute atomic E-state index is 0.108. The molecule has 0 amide bonds. The Hall–Kier alpha value is -0.963. The molecule has 3 heteroatoms. The van der Waals surface area contributed by atoms with Crippen LogP contribution in [-0.4, -0.2) is 21.0 Å². The molecule has 1 aromatic rings. The van der Waals surface area contributed by atoms with Crippen molar-refractivity contribution in [3.63, 3.8) is 0 Å². The van der Waals surface area contributed by atoms with Crippen LogP contribution in [0.1, 0.15) is 12.0 Å². The minimum Gasteiger partial charge on any atom is -0.504 e. The highest BCUT2D eigenvalue weighted by Gasteiger charge is 2.03. The third-order valence-electron chi connectivity index (χ3n) is 2.39. The molecule has 1 N–H and O–H groups in total. The molecule has 0 fully saturated rings. The Labute approximate surface area is 93.5 Å². The van der Waals surface area contributed by atoms with E-state index in [0.717, 1.165) is 6.42 Å². The van der Waals surface area contributed by atoms with Crippen molar-refractivity contribution in [1.29, 1.82) is 0 Å². The maximum absolute atomic E-state index is 9.43. The molecule has 0 saturated carbocycles. The van der Waals surface area contributed by atoms with E-state index in [2.05, 4.69) is 13.1 Å². The number of phenols is 1.